The molecule has 0 N–H and O–H groups in total. The molecule has 0 aromatic heterocycles. The maximum absolute atomic E-state index is 12.6. The summed E-state index contributed by atoms with van der Waals surface area (Å²) in [6, 6.07) is 18.0. The van der Waals surface area contributed by atoms with E-state index >= 15 is 0 Å². The lowest BCUT2D eigenvalue weighted by Gasteiger charge is -2.16. The number of hydrogen-bond acceptors (Lipinski definition) is 2. The molecule has 0 unspecified atom stereocenters. The van der Waals surface area contributed by atoms with E-state index < -0.39 is 0 Å². The van der Waals surface area contributed by atoms with E-state index in [0.29, 0.717) is 16.5 Å². The Labute approximate surface area is 139 Å². The Kier molecular flexibility index (Phi) is 4.55. The standard InChI is InChI=1S/C18H16ClNOS/c1-13-7-9-14(10-8-13)12-22-17-16(19)11-20(18(17)21)15-5-3-2-4-6-15/h2-10H,11-12H2,1H3. The van der Waals surface area contributed by atoms with Crippen molar-refractivity contribution in [2.75, 3.05) is 11.4 Å². The smallest absolute Gasteiger partial charge is 0.266 e. The van der Waals surface area contributed by atoms with Gasteiger partial charge in [0, 0.05) is 11.4 Å². The van der Waals surface area contributed by atoms with Gasteiger partial charge in [-0.1, -0.05) is 59.6 Å². The molecule has 4 heteroatoms. The van der Waals surface area contributed by atoms with Crippen LogP contribution in [0.5, 0.6) is 0 Å². The maximum Gasteiger partial charge on any atom is 0.266 e. The Morgan fingerprint density at radius 3 is 2.45 bits per heavy atom. The first-order valence-electron chi connectivity index (χ1n) is 7.09. The SMILES string of the molecule is Cc1ccc(CSC2=C(Cl)CN(c3ccccc3)C2=O)cc1. The number of thioether (sulfide) groups is 1. The highest BCUT2D eigenvalue weighted by atomic mass is 35.5. The van der Waals surface area contributed by atoms with Crippen molar-refractivity contribution in [2.45, 2.75) is 12.7 Å². The summed E-state index contributed by atoms with van der Waals surface area (Å²) >= 11 is 7.82. The van der Waals surface area contributed by atoms with Crippen LogP contribution in [0, 0.1) is 6.92 Å². The number of carbonyl (C=O) groups excluding carboxylic acids is 1. The Morgan fingerprint density at radius 1 is 1.09 bits per heavy atom. The molecule has 2 aromatic rings. The molecule has 0 spiro atoms. The van der Waals surface area contributed by atoms with Crippen LogP contribution in [-0.4, -0.2) is 12.5 Å². The van der Waals surface area contributed by atoms with Gasteiger partial charge in [0.2, 0.25) is 0 Å². The third kappa shape index (κ3) is 3.21. The zero-order chi connectivity index (χ0) is 15.5. The van der Waals surface area contributed by atoms with Crippen LogP contribution in [0.25, 0.3) is 0 Å². The van der Waals surface area contributed by atoms with Gasteiger partial charge in [-0.2, -0.15) is 0 Å². The summed E-state index contributed by atoms with van der Waals surface area (Å²) in [4.78, 5) is 14.9. The van der Waals surface area contributed by atoms with Crippen LogP contribution in [0.15, 0.2) is 64.5 Å². The van der Waals surface area contributed by atoms with Crippen molar-refractivity contribution >= 4 is 35.0 Å². The number of halogens is 1. The van der Waals surface area contributed by atoms with Crippen LogP contribution < -0.4 is 4.90 Å². The Morgan fingerprint density at radius 2 is 1.77 bits per heavy atom. The highest BCUT2D eigenvalue weighted by Crippen LogP contribution is 2.35. The van der Waals surface area contributed by atoms with E-state index in [1.54, 1.807) is 4.90 Å². The van der Waals surface area contributed by atoms with Crippen molar-refractivity contribution in [3.8, 4) is 0 Å². The summed E-state index contributed by atoms with van der Waals surface area (Å²) in [6.07, 6.45) is 0. The molecule has 0 fully saturated rings. The molecular formula is C18H16ClNOS. The average Bonchev–Trinajstić information content (AvgIpc) is 2.82. The van der Waals surface area contributed by atoms with E-state index in [1.807, 2.05) is 30.3 Å². The Balaban J connectivity index is 1.70. The second-order valence-corrected chi connectivity index (χ2v) is 6.68. The summed E-state index contributed by atoms with van der Waals surface area (Å²) in [5, 5.41) is 0.631. The zero-order valence-corrected chi connectivity index (χ0v) is 13.8. The van der Waals surface area contributed by atoms with E-state index in [0.717, 1.165) is 11.4 Å². The predicted molar refractivity (Wildman–Crippen MR) is 94.1 cm³/mol. The zero-order valence-electron chi connectivity index (χ0n) is 12.3. The summed E-state index contributed by atoms with van der Waals surface area (Å²) < 4.78 is 0. The number of carbonyl (C=O) groups is 1. The van der Waals surface area contributed by atoms with Gasteiger partial charge in [-0.05, 0) is 24.6 Å². The monoisotopic (exact) mass is 329 g/mol. The maximum atomic E-state index is 12.6. The predicted octanol–water partition coefficient (Wildman–Crippen LogP) is 4.73. The number of para-hydroxylation sites is 1. The van der Waals surface area contributed by atoms with Gasteiger partial charge in [-0.3, -0.25) is 4.79 Å². The van der Waals surface area contributed by atoms with Gasteiger partial charge in [-0.25, -0.2) is 0 Å². The largest absolute Gasteiger partial charge is 0.303 e. The van der Waals surface area contributed by atoms with Crippen LogP contribution >= 0.6 is 23.4 Å². The van der Waals surface area contributed by atoms with E-state index in [1.165, 1.54) is 22.9 Å². The van der Waals surface area contributed by atoms with Gasteiger partial charge in [0.15, 0.2) is 0 Å². The van der Waals surface area contributed by atoms with Crippen molar-refractivity contribution in [1.29, 1.82) is 0 Å². The molecule has 0 radical (unpaired) electrons. The first-order chi connectivity index (χ1) is 10.6. The minimum Gasteiger partial charge on any atom is -0.303 e. The molecule has 0 aliphatic carbocycles. The molecule has 22 heavy (non-hydrogen) atoms. The molecular weight excluding hydrogens is 314 g/mol. The lowest BCUT2D eigenvalue weighted by molar-refractivity contribution is -0.113. The molecule has 0 bridgehead atoms. The van der Waals surface area contributed by atoms with Gasteiger partial charge in [0.25, 0.3) is 5.91 Å². The Hall–Kier alpha value is -1.71. The van der Waals surface area contributed by atoms with Gasteiger partial charge in [0.1, 0.15) is 0 Å². The molecule has 0 atom stereocenters. The third-order valence-corrected chi connectivity index (χ3v) is 5.16. The number of rotatable bonds is 4. The minimum atomic E-state index is -0.00619. The van der Waals surface area contributed by atoms with E-state index in [-0.39, 0.29) is 5.91 Å². The average molecular weight is 330 g/mol. The second-order valence-electron chi connectivity index (χ2n) is 5.24. The fourth-order valence-electron chi connectivity index (χ4n) is 2.32. The molecule has 1 heterocycles. The molecule has 2 aromatic carbocycles. The van der Waals surface area contributed by atoms with E-state index in [4.69, 9.17) is 11.6 Å². The molecule has 1 aliphatic rings. The molecule has 2 nitrogen and oxygen atoms in total. The van der Waals surface area contributed by atoms with Gasteiger partial charge < -0.3 is 4.90 Å². The van der Waals surface area contributed by atoms with Gasteiger partial charge in [0.05, 0.1) is 16.5 Å². The lowest BCUT2D eigenvalue weighted by Crippen LogP contribution is -2.26. The quantitative estimate of drug-likeness (QED) is 0.808. The molecule has 0 saturated heterocycles. The summed E-state index contributed by atoms with van der Waals surface area (Å²) in [7, 11) is 0. The summed E-state index contributed by atoms with van der Waals surface area (Å²) in [5.74, 6) is 0.744. The molecule has 3 rings (SSSR count). The highest BCUT2D eigenvalue weighted by molar-refractivity contribution is 8.03. The topological polar surface area (TPSA) is 20.3 Å². The van der Waals surface area contributed by atoms with Crippen LogP contribution in [0.3, 0.4) is 0 Å². The molecule has 1 amide bonds. The number of aryl methyl sites for hydroxylation is 1. The van der Waals surface area contributed by atoms with Crippen LogP contribution in [0.2, 0.25) is 0 Å². The third-order valence-electron chi connectivity index (χ3n) is 3.55. The Bertz CT molecular complexity index is 710. The second kappa shape index (κ2) is 6.59. The first-order valence-corrected chi connectivity index (χ1v) is 8.45. The van der Waals surface area contributed by atoms with E-state index in [2.05, 4.69) is 31.2 Å². The number of benzene rings is 2. The fourth-order valence-corrected chi connectivity index (χ4v) is 3.64. The molecule has 1 aliphatic heterocycles. The lowest BCUT2D eigenvalue weighted by atomic mass is 10.2. The number of nitrogens with zero attached hydrogens (tertiary/aromatic N) is 1. The summed E-state index contributed by atoms with van der Waals surface area (Å²) in [6.45, 7) is 2.52. The molecule has 0 saturated carbocycles. The number of anilines is 1. The van der Waals surface area contributed by atoms with Crippen molar-refractivity contribution in [1.82, 2.24) is 0 Å². The van der Waals surface area contributed by atoms with Gasteiger partial charge >= 0.3 is 0 Å². The van der Waals surface area contributed by atoms with Crippen LogP contribution in [0.1, 0.15) is 11.1 Å². The minimum absolute atomic E-state index is 0.00619. The van der Waals surface area contributed by atoms with Crippen LogP contribution in [0.4, 0.5) is 5.69 Å². The normalized spacial score (nSPS) is 14.8. The van der Waals surface area contributed by atoms with Crippen LogP contribution in [-0.2, 0) is 10.5 Å². The fraction of sp³-hybridized carbons (Fsp3) is 0.167. The number of hydrogen-bond donors (Lipinski definition) is 0. The van der Waals surface area contributed by atoms with Gasteiger partial charge in [-0.15, -0.1) is 11.8 Å². The van der Waals surface area contributed by atoms with Crippen molar-refractivity contribution < 1.29 is 4.79 Å². The summed E-state index contributed by atoms with van der Waals surface area (Å²) in [5.41, 5.74) is 3.31. The first kappa shape index (κ1) is 15.2. The van der Waals surface area contributed by atoms with Crippen molar-refractivity contribution in [2.24, 2.45) is 0 Å². The van der Waals surface area contributed by atoms with E-state index in [9.17, 15) is 4.79 Å². The van der Waals surface area contributed by atoms with Crippen molar-refractivity contribution in [3.05, 3.63) is 75.7 Å². The number of amides is 1. The van der Waals surface area contributed by atoms with Crippen molar-refractivity contribution in [3.63, 3.8) is 0 Å². The molecule has 112 valence electrons. The highest BCUT2D eigenvalue weighted by Gasteiger charge is 2.30.